The fraction of sp³-hybridized carbons (Fsp3) is 0.464. The van der Waals surface area contributed by atoms with E-state index in [1.165, 1.54) is 11.1 Å². The minimum atomic E-state index is -3.18. The van der Waals surface area contributed by atoms with Gasteiger partial charge in [0.05, 0.1) is 16.8 Å². The molecule has 0 bridgehead atoms. The first kappa shape index (κ1) is 26.4. The molecule has 0 saturated carbocycles. The summed E-state index contributed by atoms with van der Waals surface area (Å²) in [5.74, 6) is -0.127. The minimum absolute atomic E-state index is 0.126. The maximum atomic E-state index is 12.4. The molecule has 1 aliphatic heterocycles. The number of H-pyrrole nitrogens is 1. The van der Waals surface area contributed by atoms with Crippen LogP contribution in [0.3, 0.4) is 0 Å². The van der Waals surface area contributed by atoms with E-state index in [4.69, 9.17) is 5.73 Å². The van der Waals surface area contributed by atoms with E-state index in [-0.39, 0.29) is 11.7 Å². The number of nitrogens with one attached hydrogen (secondary N) is 2. The Labute approximate surface area is 214 Å². The molecule has 0 spiro atoms. The molecule has 4 rings (SSSR count). The number of nitrogens with two attached hydrogens (primary N) is 1. The van der Waals surface area contributed by atoms with Crippen LogP contribution in [0, 0.1) is 6.92 Å². The van der Waals surface area contributed by atoms with Crippen LogP contribution in [0.15, 0.2) is 36.5 Å². The van der Waals surface area contributed by atoms with E-state index in [0.717, 1.165) is 53.4 Å². The summed E-state index contributed by atoms with van der Waals surface area (Å²) in [6.07, 6.45) is 4.53. The molecule has 0 aliphatic carbocycles. The van der Waals surface area contributed by atoms with Crippen LogP contribution in [0.25, 0.3) is 22.0 Å². The number of hydrogen-bond donors (Lipinski definition) is 3. The topological polar surface area (TPSA) is 108 Å². The Kier molecular flexibility index (Phi) is 7.87. The van der Waals surface area contributed by atoms with Crippen molar-refractivity contribution in [2.75, 3.05) is 18.8 Å². The second kappa shape index (κ2) is 10.7. The van der Waals surface area contributed by atoms with Crippen molar-refractivity contribution in [2.45, 2.75) is 65.5 Å². The molecule has 36 heavy (non-hydrogen) atoms. The zero-order valence-electron chi connectivity index (χ0n) is 21.7. The number of primary amides is 1. The molecule has 1 fully saturated rings. The van der Waals surface area contributed by atoms with Crippen molar-refractivity contribution in [3.05, 3.63) is 58.8 Å². The molecule has 0 radical (unpaired) electrons. The summed E-state index contributed by atoms with van der Waals surface area (Å²) < 4.78 is 26.2. The number of benzene rings is 2. The van der Waals surface area contributed by atoms with Gasteiger partial charge >= 0.3 is 0 Å². The molecule has 7 nitrogen and oxygen atoms in total. The van der Waals surface area contributed by atoms with Crippen LogP contribution in [0.4, 0.5) is 0 Å². The normalized spacial score (nSPS) is 16.4. The van der Waals surface area contributed by atoms with Crippen LogP contribution in [-0.4, -0.2) is 48.5 Å². The van der Waals surface area contributed by atoms with Crippen molar-refractivity contribution >= 4 is 26.8 Å². The summed E-state index contributed by atoms with van der Waals surface area (Å²) in [6.45, 7) is 9.97. The number of rotatable bonds is 9. The lowest BCUT2D eigenvalue weighted by Crippen LogP contribution is -2.38. The van der Waals surface area contributed by atoms with Gasteiger partial charge in [0.2, 0.25) is 10.0 Å². The van der Waals surface area contributed by atoms with Gasteiger partial charge in [-0.3, -0.25) is 4.79 Å². The number of hydrogen-bond acceptors (Lipinski definition) is 4. The molecule has 194 valence electrons. The SMILES string of the molecule is CCC(C)NCc1cc(-c2cc(C(N)=O)c3[nH]cc(C4CCN(S(=O)(=O)CC)CC4)c3c2)ccc1C. The number of carbonyl (C=O) groups is 1. The number of aromatic nitrogens is 1. The fourth-order valence-corrected chi connectivity index (χ4v) is 6.18. The zero-order valence-corrected chi connectivity index (χ0v) is 22.5. The Bertz CT molecular complexity index is 1350. The smallest absolute Gasteiger partial charge is 0.250 e. The molecule has 1 atom stereocenters. The maximum Gasteiger partial charge on any atom is 0.250 e. The lowest BCUT2D eigenvalue weighted by atomic mass is 9.88. The van der Waals surface area contributed by atoms with Gasteiger partial charge in [0.1, 0.15) is 0 Å². The van der Waals surface area contributed by atoms with Crippen molar-refractivity contribution < 1.29 is 13.2 Å². The Balaban J connectivity index is 1.70. The van der Waals surface area contributed by atoms with Gasteiger partial charge in [0, 0.05) is 37.3 Å². The van der Waals surface area contributed by atoms with Gasteiger partial charge in [-0.15, -0.1) is 0 Å². The lowest BCUT2D eigenvalue weighted by molar-refractivity contribution is 0.100. The second-order valence-corrected chi connectivity index (χ2v) is 12.2. The average Bonchev–Trinajstić information content (AvgIpc) is 3.31. The lowest BCUT2D eigenvalue weighted by Gasteiger charge is -2.31. The van der Waals surface area contributed by atoms with Gasteiger partial charge in [-0.2, -0.15) is 0 Å². The molecule has 4 N–H and O–H groups in total. The Hall–Kier alpha value is -2.68. The largest absolute Gasteiger partial charge is 0.366 e. The first-order valence-electron chi connectivity index (χ1n) is 12.9. The average molecular weight is 511 g/mol. The van der Waals surface area contributed by atoms with E-state index in [0.29, 0.717) is 24.7 Å². The first-order valence-corrected chi connectivity index (χ1v) is 14.5. The highest BCUT2D eigenvalue weighted by Crippen LogP contribution is 2.37. The van der Waals surface area contributed by atoms with E-state index in [2.05, 4.69) is 55.3 Å². The molecular weight excluding hydrogens is 472 g/mol. The number of aryl methyl sites for hydroxylation is 1. The minimum Gasteiger partial charge on any atom is -0.366 e. The van der Waals surface area contributed by atoms with Crippen LogP contribution >= 0.6 is 0 Å². The van der Waals surface area contributed by atoms with E-state index in [1.807, 2.05) is 12.3 Å². The van der Waals surface area contributed by atoms with Gasteiger partial charge in [-0.1, -0.05) is 19.1 Å². The van der Waals surface area contributed by atoms with Crippen molar-refractivity contribution in [3.63, 3.8) is 0 Å². The summed E-state index contributed by atoms with van der Waals surface area (Å²) in [5.41, 5.74) is 12.6. The second-order valence-electron chi connectivity index (χ2n) is 9.96. The molecule has 1 aliphatic rings. The number of carbonyl (C=O) groups excluding carboxylic acids is 1. The van der Waals surface area contributed by atoms with Crippen LogP contribution in [0.2, 0.25) is 0 Å². The standard InChI is InChI=1S/C28H38N4O3S/c1-5-19(4)30-16-23-13-21(8-7-18(23)3)22-14-24-26(17-31-27(24)25(15-22)28(29)33)20-9-11-32(12-10-20)36(34,35)6-2/h7-8,13-15,17,19-20,30-31H,5-6,9-12,16H2,1-4H3,(H2,29,33). The summed E-state index contributed by atoms with van der Waals surface area (Å²) in [6, 6.07) is 10.9. The Morgan fingerprint density at radius 1 is 1.17 bits per heavy atom. The molecule has 3 aromatic rings. The van der Waals surface area contributed by atoms with E-state index in [9.17, 15) is 13.2 Å². The fourth-order valence-electron chi connectivity index (χ4n) is 5.05. The van der Waals surface area contributed by atoms with Gasteiger partial charge in [-0.25, -0.2) is 12.7 Å². The first-order chi connectivity index (χ1) is 17.1. The van der Waals surface area contributed by atoms with Crippen molar-refractivity contribution in [1.82, 2.24) is 14.6 Å². The molecule has 1 aromatic heterocycles. The quantitative estimate of drug-likeness (QED) is 0.389. The van der Waals surface area contributed by atoms with Crippen molar-refractivity contribution in [1.29, 1.82) is 0 Å². The Morgan fingerprint density at radius 2 is 1.89 bits per heavy atom. The summed E-state index contributed by atoms with van der Waals surface area (Å²) >= 11 is 0. The van der Waals surface area contributed by atoms with Gasteiger partial charge < -0.3 is 16.0 Å². The van der Waals surface area contributed by atoms with Crippen LogP contribution < -0.4 is 11.1 Å². The summed E-state index contributed by atoms with van der Waals surface area (Å²) in [5, 5.41) is 4.55. The predicted molar refractivity (Wildman–Crippen MR) is 147 cm³/mol. The molecular formula is C28H38N4O3S. The number of piperidine rings is 1. The predicted octanol–water partition coefficient (Wildman–Crippen LogP) is 4.66. The molecule has 1 saturated heterocycles. The highest BCUT2D eigenvalue weighted by molar-refractivity contribution is 7.89. The maximum absolute atomic E-state index is 12.4. The molecule has 1 amide bonds. The van der Waals surface area contributed by atoms with Gasteiger partial charge in [-0.05, 0) is 92.0 Å². The van der Waals surface area contributed by atoms with E-state index in [1.54, 1.807) is 11.2 Å². The number of fused-ring (bicyclic) bond motifs is 1. The highest BCUT2D eigenvalue weighted by atomic mass is 32.2. The molecule has 2 heterocycles. The third-order valence-corrected chi connectivity index (χ3v) is 9.56. The highest BCUT2D eigenvalue weighted by Gasteiger charge is 2.29. The molecule has 2 aromatic carbocycles. The molecule has 1 unspecified atom stereocenters. The van der Waals surface area contributed by atoms with Crippen LogP contribution in [0.1, 0.15) is 73.0 Å². The van der Waals surface area contributed by atoms with Gasteiger partial charge in [0.15, 0.2) is 0 Å². The zero-order chi connectivity index (χ0) is 26.0. The summed E-state index contributed by atoms with van der Waals surface area (Å²) in [4.78, 5) is 15.7. The van der Waals surface area contributed by atoms with Gasteiger partial charge in [0.25, 0.3) is 5.91 Å². The number of sulfonamides is 1. The third kappa shape index (κ3) is 5.36. The monoisotopic (exact) mass is 510 g/mol. The van der Waals surface area contributed by atoms with Crippen LogP contribution in [-0.2, 0) is 16.6 Å². The van der Waals surface area contributed by atoms with E-state index < -0.39 is 15.9 Å². The van der Waals surface area contributed by atoms with E-state index >= 15 is 0 Å². The van der Waals surface area contributed by atoms with Crippen molar-refractivity contribution in [2.24, 2.45) is 5.73 Å². The number of aromatic amines is 1. The Morgan fingerprint density at radius 3 is 2.53 bits per heavy atom. The van der Waals surface area contributed by atoms with Crippen molar-refractivity contribution in [3.8, 4) is 11.1 Å². The summed E-state index contributed by atoms with van der Waals surface area (Å²) in [7, 11) is -3.18. The third-order valence-electron chi connectivity index (χ3n) is 7.67. The number of nitrogens with zero attached hydrogens (tertiary/aromatic N) is 1. The number of amides is 1. The van der Waals surface area contributed by atoms with Crippen LogP contribution in [0.5, 0.6) is 0 Å². The molecule has 8 heteroatoms.